The van der Waals surface area contributed by atoms with Crippen LogP contribution in [0.4, 0.5) is 5.69 Å². The lowest BCUT2D eigenvalue weighted by atomic mass is 10.1. The van der Waals surface area contributed by atoms with E-state index < -0.39 is 6.10 Å². The van der Waals surface area contributed by atoms with Gasteiger partial charge in [-0.3, -0.25) is 14.6 Å². The van der Waals surface area contributed by atoms with Crippen molar-refractivity contribution in [3.63, 3.8) is 0 Å². The molecule has 3 rings (SSSR count). The number of anilines is 1. The van der Waals surface area contributed by atoms with E-state index in [-0.39, 0.29) is 18.2 Å². The molecule has 1 aliphatic heterocycles. The molecule has 25 heavy (non-hydrogen) atoms. The van der Waals surface area contributed by atoms with Crippen molar-refractivity contribution in [2.45, 2.75) is 32.4 Å². The second-order valence-corrected chi connectivity index (χ2v) is 5.82. The predicted octanol–water partition coefficient (Wildman–Crippen LogP) is 2.29. The summed E-state index contributed by atoms with van der Waals surface area (Å²) in [5.74, 6) is 0.469. The number of carbonyl (C=O) groups is 2. The standard InChI is InChI=1S/C19H21N3O3/c1-2-16-19(24)22(15-8-3-4-9-17(15)25-16)12-10-18(23)21-13-14-7-5-6-11-20-14/h3-9,11,16H,2,10,12-13H2,1H3,(H,21,23). The van der Waals surface area contributed by atoms with Crippen molar-refractivity contribution in [3.05, 3.63) is 54.4 Å². The Morgan fingerprint density at radius 2 is 2.04 bits per heavy atom. The van der Waals surface area contributed by atoms with Gasteiger partial charge in [-0.2, -0.15) is 0 Å². The average molecular weight is 339 g/mol. The van der Waals surface area contributed by atoms with Crippen LogP contribution in [0.15, 0.2) is 48.7 Å². The SMILES string of the molecule is CCC1Oc2ccccc2N(CCC(=O)NCc2ccccn2)C1=O. The molecule has 1 aromatic carbocycles. The number of fused-ring (bicyclic) bond motifs is 1. The zero-order valence-electron chi connectivity index (χ0n) is 14.1. The molecule has 0 fully saturated rings. The van der Waals surface area contributed by atoms with Gasteiger partial charge in [-0.05, 0) is 30.7 Å². The first-order chi connectivity index (χ1) is 12.2. The highest BCUT2D eigenvalue weighted by atomic mass is 16.5. The molecule has 0 radical (unpaired) electrons. The molecule has 0 bridgehead atoms. The first kappa shape index (κ1) is 17.0. The molecule has 0 saturated heterocycles. The number of rotatable bonds is 6. The maximum absolute atomic E-state index is 12.6. The molecule has 1 aromatic heterocycles. The summed E-state index contributed by atoms with van der Waals surface area (Å²) in [6.07, 6.45) is 2.01. The molecule has 0 saturated carbocycles. The van der Waals surface area contributed by atoms with Crippen molar-refractivity contribution in [3.8, 4) is 5.75 Å². The fourth-order valence-electron chi connectivity index (χ4n) is 2.76. The zero-order chi connectivity index (χ0) is 17.6. The Bertz CT molecular complexity index is 749. The van der Waals surface area contributed by atoms with Crippen LogP contribution in [0.1, 0.15) is 25.5 Å². The highest BCUT2D eigenvalue weighted by molar-refractivity contribution is 6.00. The van der Waals surface area contributed by atoms with Crippen LogP contribution < -0.4 is 15.0 Å². The van der Waals surface area contributed by atoms with Gasteiger partial charge in [-0.15, -0.1) is 0 Å². The number of aromatic nitrogens is 1. The van der Waals surface area contributed by atoms with Crippen LogP contribution in [0, 0.1) is 0 Å². The highest BCUT2D eigenvalue weighted by Gasteiger charge is 2.32. The van der Waals surface area contributed by atoms with E-state index in [9.17, 15) is 9.59 Å². The average Bonchev–Trinajstić information content (AvgIpc) is 2.66. The van der Waals surface area contributed by atoms with Gasteiger partial charge in [0.15, 0.2) is 6.10 Å². The Morgan fingerprint density at radius 1 is 1.24 bits per heavy atom. The van der Waals surface area contributed by atoms with Crippen molar-refractivity contribution < 1.29 is 14.3 Å². The molecule has 0 spiro atoms. The van der Waals surface area contributed by atoms with Crippen molar-refractivity contribution in [2.75, 3.05) is 11.4 Å². The third kappa shape index (κ3) is 3.96. The van der Waals surface area contributed by atoms with Gasteiger partial charge in [-0.1, -0.05) is 25.1 Å². The minimum atomic E-state index is -0.494. The van der Waals surface area contributed by atoms with Gasteiger partial charge in [0, 0.05) is 19.2 Å². The van der Waals surface area contributed by atoms with Crippen LogP contribution in [-0.4, -0.2) is 29.4 Å². The van der Waals surface area contributed by atoms with Crippen LogP contribution in [0.25, 0.3) is 0 Å². The summed E-state index contributed by atoms with van der Waals surface area (Å²) in [4.78, 5) is 30.5. The van der Waals surface area contributed by atoms with Gasteiger partial charge >= 0.3 is 0 Å². The quantitative estimate of drug-likeness (QED) is 0.876. The molecule has 1 N–H and O–H groups in total. The van der Waals surface area contributed by atoms with Gasteiger partial charge < -0.3 is 15.0 Å². The Labute approximate surface area is 146 Å². The molecule has 0 aliphatic carbocycles. The van der Waals surface area contributed by atoms with Gasteiger partial charge in [0.2, 0.25) is 5.91 Å². The molecule has 1 aliphatic rings. The Morgan fingerprint density at radius 3 is 2.80 bits per heavy atom. The van der Waals surface area contributed by atoms with E-state index in [1.165, 1.54) is 0 Å². The van der Waals surface area contributed by atoms with E-state index in [0.717, 1.165) is 11.4 Å². The predicted molar refractivity (Wildman–Crippen MR) is 94.2 cm³/mol. The summed E-state index contributed by atoms with van der Waals surface area (Å²) < 4.78 is 5.74. The number of amides is 2. The van der Waals surface area contributed by atoms with Crippen molar-refractivity contribution >= 4 is 17.5 Å². The molecule has 2 amide bonds. The van der Waals surface area contributed by atoms with Crippen molar-refractivity contribution in [1.82, 2.24) is 10.3 Å². The lowest BCUT2D eigenvalue weighted by molar-refractivity contribution is -0.126. The number of benzene rings is 1. The summed E-state index contributed by atoms with van der Waals surface area (Å²) >= 11 is 0. The first-order valence-corrected chi connectivity index (χ1v) is 8.42. The van der Waals surface area contributed by atoms with Gasteiger partial charge in [0.1, 0.15) is 5.75 Å². The van der Waals surface area contributed by atoms with Gasteiger partial charge in [-0.25, -0.2) is 0 Å². The zero-order valence-corrected chi connectivity index (χ0v) is 14.1. The second-order valence-electron chi connectivity index (χ2n) is 5.82. The summed E-state index contributed by atoms with van der Waals surface area (Å²) in [5, 5.41) is 2.83. The molecule has 1 atom stereocenters. The molecule has 130 valence electrons. The molecule has 6 heteroatoms. The van der Waals surface area contributed by atoms with E-state index in [1.54, 1.807) is 11.1 Å². The monoisotopic (exact) mass is 339 g/mol. The lowest BCUT2D eigenvalue weighted by Gasteiger charge is -2.33. The summed E-state index contributed by atoms with van der Waals surface area (Å²) in [7, 11) is 0. The van der Waals surface area contributed by atoms with Gasteiger partial charge in [0.05, 0.1) is 17.9 Å². The summed E-state index contributed by atoms with van der Waals surface area (Å²) in [5.41, 5.74) is 1.52. The highest BCUT2D eigenvalue weighted by Crippen LogP contribution is 2.34. The molecule has 2 heterocycles. The minimum Gasteiger partial charge on any atom is -0.478 e. The fourth-order valence-corrected chi connectivity index (χ4v) is 2.76. The topological polar surface area (TPSA) is 71.5 Å². The maximum Gasteiger partial charge on any atom is 0.268 e. The molecular formula is C19H21N3O3. The number of hydrogen-bond donors (Lipinski definition) is 1. The maximum atomic E-state index is 12.6. The molecular weight excluding hydrogens is 318 g/mol. The van der Waals surface area contributed by atoms with Crippen LogP contribution in [0.2, 0.25) is 0 Å². The van der Waals surface area contributed by atoms with E-state index in [0.29, 0.717) is 25.3 Å². The molecule has 2 aromatic rings. The van der Waals surface area contributed by atoms with E-state index in [2.05, 4.69) is 10.3 Å². The number of nitrogens with one attached hydrogen (secondary N) is 1. The Balaban J connectivity index is 1.61. The normalized spacial score (nSPS) is 16.1. The van der Waals surface area contributed by atoms with Crippen LogP contribution in [0.3, 0.4) is 0 Å². The van der Waals surface area contributed by atoms with Crippen molar-refractivity contribution in [2.24, 2.45) is 0 Å². The minimum absolute atomic E-state index is 0.0984. The summed E-state index contributed by atoms with van der Waals surface area (Å²) in [6.45, 7) is 2.61. The third-order valence-electron chi connectivity index (χ3n) is 4.09. The first-order valence-electron chi connectivity index (χ1n) is 8.42. The lowest BCUT2D eigenvalue weighted by Crippen LogP contribution is -2.46. The number of para-hydroxylation sites is 2. The number of pyridine rings is 1. The van der Waals surface area contributed by atoms with Gasteiger partial charge in [0.25, 0.3) is 5.91 Å². The Hall–Kier alpha value is -2.89. The van der Waals surface area contributed by atoms with Crippen LogP contribution in [-0.2, 0) is 16.1 Å². The molecule has 1 unspecified atom stereocenters. The van der Waals surface area contributed by atoms with Crippen LogP contribution in [0.5, 0.6) is 5.75 Å². The van der Waals surface area contributed by atoms with E-state index in [1.807, 2.05) is 49.4 Å². The van der Waals surface area contributed by atoms with Crippen LogP contribution >= 0.6 is 0 Å². The second kappa shape index (κ2) is 7.79. The fraction of sp³-hybridized carbons (Fsp3) is 0.316. The van der Waals surface area contributed by atoms with E-state index in [4.69, 9.17) is 4.74 Å². The summed E-state index contributed by atoms with van der Waals surface area (Å²) in [6, 6.07) is 13.0. The largest absolute Gasteiger partial charge is 0.478 e. The number of carbonyl (C=O) groups excluding carboxylic acids is 2. The smallest absolute Gasteiger partial charge is 0.268 e. The number of ether oxygens (including phenoxy) is 1. The van der Waals surface area contributed by atoms with Crippen molar-refractivity contribution in [1.29, 1.82) is 0 Å². The van der Waals surface area contributed by atoms with E-state index >= 15 is 0 Å². The number of nitrogens with zero attached hydrogens (tertiary/aromatic N) is 2. The third-order valence-corrected chi connectivity index (χ3v) is 4.09. The Kier molecular flexibility index (Phi) is 5.28. The number of hydrogen-bond acceptors (Lipinski definition) is 4. The molecule has 6 nitrogen and oxygen atoms in total.